The predicted octanol–water partition coefficient (Wildman–Crippen LogP) is 4.19. The van der Waals surface area contributed by atoms with Gasteiger partial charge in [-0.05, 0) is 52.0 Å². The Bertz CT molecular complexity index is 267. The van der Waals surface area contributed by atoms with Crippen LogP contribution >= 0.6 is 0 Å². The molecule has 1 aliphatic carbocycles. The molecule has 0 aromatic heterocycles. The normalized spacial score (nSPS) is 21.2. The van der Waals surface area contributed by atoms with Gasteiger partial charge in [0.2, 0.25) is 0 Å². The van der Waals surface area contributed by atoms with Gasteiger partial charge in [0.05, 0.1) is 0 Å². The van der Waals surface area contributed by atoms with E-state index < -0.39 is 0 Å². The largest absolute Gasteiger partial charge is 0.295 e. The molecule has 1 heteroatoms. The molecule has 0 amide bonds. The Morgan fingerprint density at radius 3 is 2.73 bits per heavy atom. The third-order valence-corrected chi connectivity index (χ3v) is 2.80. The monoisotopic (exact) mass is 206 g/mol. The summed E-state index contributed by atoms with van der Waals surface area (Å²) < 4.78 is 0. The number of carbonyl (C=O) groups excluding carboxylic acids is 1. The van der Waals surface area contributed by atoms with Gasteiger partial charge in [0, 0.05) is 6.42 Å². The van der Waals surface area contributed by atoms with Gasteiger partial charge in [-0.2, -0.15) is 0 Å². The van der Waals surface area contributed by atoms with Crippen LogP contribution in [0.1, 0.15) is 58.8 Å². The maximum atomic E-state index is 11.5. The highest BCUT2D eigenvalue weighted by atomic mass is 16.1. The van der Waals surface area contributed by atoms with Crippen LogP contribution in [-0.4, -0.2) is 5.78 Å². The summed E-state index contributed by atoms with van der Waals surface area (Å²) >= 11 is 0. The van der Waals surface area contributed by atoms with E-state index in [-0.39, 0.29) is 0 Å². The lowest BCUT2D eigenvalue weighted by Crippen LogP contribution is -1.99. The van der Waals surface area contributed by atoms with Crippen molar-refractivity contribution in [1.29, 1.82) is 0 Å². The van der Waals surface area contributed by atoms with Crippen LogP contribution in [0.2, 0.25) is 0 Å². The van der Waals surface area contributed by atoms with Crippen molar-refractivity contribution in [3.63, 3.8) is 0 Å². The first kappa shape index (κ1) is 12.2. The van der Waals surface area contributed by atoms with Gasteiger partial charge in [0.1, 0.15) is 0 Å². The summed E-state index contributed by atoms with van der Waals surface area (Å²) in [6, 6.07) is 0. The molecule has 0 heterocycles. The first-order valence-electron chi connectivity index (χ1n) is 6.04. The van der Waals surface area contributed by atoms with E-state index in [1.807, 2.05) is 6.08 Å². The topological polar surface area (TPSA) is 17.1 Å². The Hall–Kier alpha value is -0.850. The number of ketones is 1. The molecule has 0 aromatic carbocycles. The van der Waals surface area contributed by atoms with E-state index in [1.165, 1.54) is 24.0 Å². The number of allylic oxidation sites excluding steroid dienone is 4. The van der Waals surface area contributed by atoms with Crippen molar-refractivity contribution >= 4 is 5.78 Å². The van der Waals surface area contributed by atoms with Crippen molar-refractivity contribution in [3.8, 4) is 0 Å². The van der Waals surface area contributed by atoms with Crippen LogP contribution in [0.25, 0.3) is 0 Å². The zero-order valence-corrected chi connectivity index (χ0v) is 10.0. The minimum Gasteiger partial charge on any atom is -0.295 e. The molecule has 1 aliphatic rings. The van der Waals surface area contributed by atoms with E-state index in [2.05, 4.69) is 19.9 Å². The Morgan fingerprint density at radius 1 is 1.27 bits per heavy atom. The average molecular weight is 206 g/mol. The molecule has 0 N–H and O–H groups in total. The van der Waals surface area contributed by atoms with Gasteiger partial charge in [0.25, 0.3) is 0 Å². The van der Waals surface area contributed by atoms with E-state index >= 15 is 0 Å². The summed E-state index contributed by atoms with van der Waals surface area (Å²) in [6.45, 7) is 4.25. The summed E-state index contributed by atoms with van der Waals surface area (Å²) in [4.78, 5) is 11.5. The van der Waals surface area contributed by atoms with Gasteiger partial charge in [-0.15, -0.1) is 0 Å². The molecule has 0 aromatic rings. The lowest BCUT2D eigenvalue weighted by Gasteiger charge is -2.09. The molecule has 0 radical (unpaired) electrons. The van der Waals surface area contributed by atoms with Gasteiger partial charge in [0.15, 0.2) is 5.78 Å². The summed E-state index contributed by atoms with van der Waals surface area (Å²) in [5.74, 6) is 0.335. The van der Waals surface area contributed by atoms with E-state index in [0.717, 1.165) is 32.1 Å². The number of hydrogen-bond acceptors (Lipinski definition) is 1. The lowest BCUT2D eigenvalue weighted by atomic mass is 9.96. The molecule has 0 bridgehead atoms. The molecule has 1 nitrogen and oxygen atoms in total. The lowest BCUT2D eigenvalue weighted by molar-refractivity contribution is -0.114. The van der Waals surface area contributed by atoms with Crippen molar-refractivity contribution in [3.05, 3.63) is 23.3 Å². The minimum absolute atomic E-state index is 0.335. The predicted molar refractivity (Wildman–Crippen MR) is 64.8 cm³/mol. The van der Waals surface area contributed by atoms with Crippen LogP contribution < -0.4 is 0 Å². The molecule has 0 fully saturated rings. The van der Waals surface area contributed by atoms with E-state index in [0.29, 0.717) is 5.78 Å². The highest BCUT2D eigenvalue weighted by Gasteiger charge is 2.06. The van der Waals surface area contributed by atoms with Crippen LogP contribution in [-0.2, 0) is 4.79 Å². The first-order valence-corrected chi connectivity index (χ1v) is 6.04. The standard InChI is InChI=1S/C14H22O/c1-12(2)7-6-9-13-8-4-3-5-10-14(15)11-13/h7,11H,3-6,8-10H2,1-2H3/b13-11+. The Balaban J connectivity index is 2.46. The van der Waals surface area contributed by atoms with Crippen molar-refractivity contribution in [1.82, 2.24) is 0 Å². The molecule has 0 spiro atoms. The molecular formula is C14H22O. The molecular weight excluding hydrogens is 184 g/mol. The maximum Gasteiger partial charge on any atom is 0.155 e. The Labute approximate surface area is 93.3 Å². The second kappa shape index (κ2) is 6.60. The Kier molecular flexibility index (Phi) is 5.38. The second-order valence-electron chi connectivity index (χ2n) is 4.65. The molecule has 0 atom stereocenters. The van der Waals surface area contributed by atoms with Gasteiger partial charge in [-0.3, -0.25) is 4.79 Å². The summed E-state index contributed by atoms with van der Waals surface area (Å²) in [7, 11) is 0. The number of carbonyl (C=O) groups is 1. The SMILES string of the molecule is CC(C)=CCC/C1=C/C(=O)CCCCC1. The third kappa shape index (κ3) is 5.56. The van der Waals surface area contributed by atoms with E-state index in [4.69, 9.17) is 0 Å². The summed E-state index contributed by atoms with van der Waals surface area (Å²) in [6.07, 6.45) is 11.7. The van der Waals surface area contributed by atoms with Crippen LogP contribution in [0, 0.1) is 0 Å². The van der Waals surface area contributed by atoms with Crippen LogP contribution in [0.15, 0.2) is 23.3 Å². The van der Waals surface area contributed by atoms with Crippen molar-refractivity contribution in [2.75, 3.05) is 0 Å². The molecule has 0 aliphatic heterocycles. The summed E-state index contributed by atoms with van der Waals surface area (Å²) in [5, 5.41) is 0. The van der Waals surface area contributed by atoms with Crippen molar-refractivity contribution < 1.29 is 4.79 Å². The average Bonchev–Trinajstić information content (AvgIpc) is 2.12. The fraction of sp³-hybridized carbons (Fsp3) is 0.643. The number of hydrogen-bond donors (Lipinski definition) is 0. The van der Waals surface area contributed by atoms with Crippen LogP contribution in [0.4, 0.5) is 0 Å². The fourth-order valence-electron chi connectivity index (χ4n) is 1.94. The quantitative estimate of drug-likeness (QED) is 0.633. The number of rotatable bonds is 3. The third-order valence-electron chi connectivity index (χ3n) is 2.80. The molecule has 0 unspecified atom stereocenters. The van der Waals surface area contributed by atoms with Gasteiger partial charge in [-0.1, -0.05) is 23.6 Å². The van der Waals surface area contributed by atoms with E-state index in [1.54, 1.807) is 0 Å². The van der Waals surface area contributed by atoms with Crippen molar-refractivity contribution in [2.24, 2.45) is 0 Å². The molecule has 0 saturated carbocycles. The molecule has 84 valence electrons. The zero-order chi connectivity index (χ0) is 11.1. The van der Waals surface area contributed by atoms with Crippen molar-refractivity contribution in [2.45, 2.75) is 58.8 Å². The smallest absolute Gasteiger partial charge is 0.155 e. The van der Waals surface area contributed by atoms with Crippen LogP contribution in [0.5, 0.6) is 0 Å². The second-order valence-corrected chi connectivity index (χ2v) is 4.65. The van der Waals surface area contributed by atoms with Crippen LogP contribution in [0.3, 0.4) is 0 Å². The Morgan fingerprint density at radius 2 is 2.00 bits per heavy atom. The first-order chi connectivity index (χ1) is 7.18. The minimum atomic E-state index is 0.335. The van der Waals surface area contributed by atoms with Gasteiger partial charge < -0.3 is 0 Å². The highest BCUT2D eigenvalue weighted by Crippen LogP contribution is 2.19. The molecule has 0 saturated heterocycles. The van der Waals surface area contributed by atoms with Gasteiger partial charge in [-0.25, -0.2) is 0 Å². The van der Waals surface area contributed by atoms with Gasteiger partial charge >= 0.3 is 0 Å². The maximum absolute atomic E-state index is 11.5. The van der Waals surface area contributed by atoms with E-state index in [9.17, 15) is 4.79 Å². The highest BCUT2D eigenvalue weighted by molar-refractivity contribution is 5.90. The zero-order valence-electron chi connectivity index (χ0n) is 10.0. The fourth-order valence-corrected chi connectivity index (χ4v) is 1.94. The summed E-state index contributed by atoms with van der Waals surface area (Å²) in [5.41, 5.74) is 2.73. The molecule has 1 rings (SSSR count). The molecule has 15 heavy (non-hydrogen) atoms.